The van der Waals surface area contributed by atoms with Crippen LogP contribution in [0.2, 0.25) is 0 Å². The van der Waals surface area contributed by atoms with Crippen LogP contribution in [0.1, 0.15) is 23.7 Å². The first-order valence-electron chi connectivity index (χ1n) is 5.30. The van der Waals surface area contributed by atoms with Gasteiger partial charge in [0.25, 0.3) is 0 Å². The summed E-state index contributed by atoms with van der Waals surface area (Å²) in [6.07, 6.45) is 1.00. The molecule has 1 saturated heterocycles. The highest BCUT2D eigenvalue weighted by molar-refractivity contribution is 9.09. The van der Waals surface area contributed by atoms with Crippen molar-refractivity contribution in [3.05, 3.63) is 35.4 Å². The normalized spacial score (nSPS) is 27.0. The van der Waals surface area contributed by atoms with Crippen molar-refractivity contribution in [1.82, 2.24) is 0 Å². The minimum atomic E-state index is -0.545. The largest absolute Gasteiger partial charge is 0.378 e. The molecule has 3 unspecified atom stereocenters. The van der Waals surface area contributed by atoms with Crippen LogP contribution < -0.4 is 0 Å². The summed E-state index contributed by atoms with van der Waals surface area (Å²) in [7, 11) is 0. The predicted molar refractivity (Wildman–Crippen MR) is 61.5 cm³/mol. The first-order valence-corrected chi connectivity index (χ1v) is 6.22. The molecule has 4 heteroatoms. The van der Waals surface area contributed by atoms with E-state index < -0.39 is 11.6 Å². The second-order valence-electron chi connectivity index (χ2n) is 4.10. The molecule has 1 heterocycles. The summed E-state index contributed by atoms with van der Waals surface area (Å²) in [5.74, 6) is -0.808. The highest BCUT2D eigenvalue weighted by atomic mass is 79.9. The summed E-state index contributed by atoms with van der Waals surface area (Å²) >= 11 is 3.49. The Labute approximate surface area is 102 Å². The van der Waals surface area contributed by atoms with Gasteiger partial charge in [0.1, 0.15) is 11.6 Å². The third-order valence-electron chi connectivity index (χ3n) is 3.07. The molecule has 1 aromatic rings. The maximum atomic E-state index is 13.6. The standard InChI is InChI=1S/C12H13BrF2O/c1-7-9(4-5-16-7)12(13)10-3-2-8(14)6-11(10)15/h2-3,6-7,9,12H,4-5H2,1H3. The van der Waals surface area contributed by atoms with Crippen LogP contribution >= 0.6 is 15.9 Å². The fourth-order valence-electron chi connectivity index (χ4n) is 2.09. The predicted octanol–water partition coefficient (Wildman–Crippen LogP) is 3.83. The van der Waals surface area contributed by atoms with Crippen LogP contribution in [0.4, 0.5) is 8.78 Å². The number of alkyl halides is 1. The number of hydrogen-bond acceptors (Lipinski definition) is 1. The van der Waals surface area contributed by atoms with Gasteiger partial charge in [-0.15, -0.1) is 0 Å². The summed E-state index contributed by atoms with van der Waals surface area (Å²) in [5, 5.41) is 0. The second kappa shape index (κ2) is 4.80. The molecule has 1 aliphatic rings. The maximum Gasteiger partial charge on any atom is 0.130 e. The van der Waals surface area contributed by atoms with E-state index in [-0.39, 0.29) is 16.8 Å². The van der Waals surface area contributed by atoms with E-state index in [2.05, 4.69) is 15.9 Å². The Hall–Kier alpha value is -0.480. The fourth-order valence-corrected chi connectivity index (χ4v) is 3.15. The minimum absolute atomic E-state index is 0.105. The van der Waals surface area contributed by atoms with Crippen molar-refractivity contribution < 1.29 is 13.5 Å². The molecule has 1 nitrogen and oxygen atoms in total. The van der Waals surface area contributed by atoms with Crippen molar-refractivity contribution in [2.75, 3.05) is 6.61 Å². The van der Waals surface area contributed by atoms with Crippen molar-refractivity contribution in [2.45, 2.75) is 24.3 Å². The van der Waals surface area contributed by atoms with E-state index in [1.54, 1.807) is 0 Å². The fraction of sp³-hybridized carbons (Fsp3) is 0.500. The van der Waals surface area contributed by atoms with Crippen molar-refractivity contribution in [3.63, 3.8) is 0 Å². The van der Waals surface area contributed by atoms with Gasteiger partial charge in [-0.3, -0.25) is 0 Å². The van der Waals surface area contributed by atoms with Gasteiger partial charge >= 0.3 is 0 Å². The molecule has 88 valence electrons. The summed E-state index contributed by atoms with van der Waals surface area (Å²) < 4.78 is 31.8. The molecule has 0 bridgehead atoms. The van der Waals surface area contributed by atoms with Gasteiger partial charge in [-0.25, -0.2) is 8.78 Å². The first kappa shape index (κ1) is 12.0. The van der Waals surface area contributed by atoms with Gasteiger partial charge in [0.15, 0.2) is 0 Å². The van der Waals surface area contributed by atoms with Crippen LogP contribution in [-0.4, -0.2) is 12.7 Å². The van der Waals surface area contributed by atoms with E-state index in [0.717, 1.165) is 12.5 Å². The third-order valence-corrected chi connectivity index (χ3v) is 4.24. The van der Waals surface area contributed by atoms with E-state index in [9.17, 15) is 8.78 Å². The molecule has 3 atom stereocenters. The maximum absolute atomic E-state index is 13.6. The Balaban J connectivity index is 2.23. The van der Waals surface area contributed by atoms with Crippen LogP contribution in [0.5, 0.6) is 0 Å². The quantitative estimate of drug-likeness (QED) is 0.753. The Morgan fingerprint density at radius 2 is 2.19 bits per heavy atom. The lowest BCUT2D eigenvalue weighted by Crippen LogP contribution is -2.17. The van der Waals surface area contributed by atoms with E-state index in [1.807, 2.05) is 6.92 Å². The lowest BCUT2D eigenvalue weighted by Gasteiger charge is -2.21. The number of rotatable bonds is 2. The monoisotopic (exact) mass is 290 g/mol. The third kappa shape index (κ3) is 2.28. The van der Waals surface area contributed by atoms with Crippen LogP contribution in [0, 0.1) is 17.6 Å². The van der Waals surface area contributed by atoms with Gasteiger partial charge in [0, 0.05) is 29.0 Å². The smallest absolute Gasteiger partial charge is 0.130 e. The van der Waals surface area contributed by atoms with Crippen LogP contribution in [0.25, 0.3) is 0 Å². The Morgan fingerprint density at radius 3 is 2.75 bits per heavy atom. The molecule has 1 aliphatic heterocycles. The van der Waals surface area contributed by atoms with Gasteiger partial charge in [-0.05, 0) is 19.4 Å². The lowest BCUT2D eigenvalue weighted by atomic mass is 9.93. The topological polar surface area (TPSA) is 9.23 Å². The molecule has 0 aromatic heterocycles. The zero-order chi connectivity index (χ0) is 11.7. The molecule has 0 aliphatic carbocycles. The Bertz CT molecular complexity index is 383. The average molecular weight is 291 g/mol. The summed E-state index contributed by atoms with van der Waals surface area (Å²) in [5.41, 5.74) is 0.503. The molecule has 0 saturated carbocycles. The highest BCUT2D eigenvalue weighted by Gasteiger charge is 2.32. The molecule has 0 spiro atoms. The Morgan fingerprint density at radius 1 is 1.44 bits per heavy atom. The summed E-state index contributed by atoms with van der Waals surface area (Å²) in [4.78, 5) is -0.120. The molecule has 0 N–H and O–H groups in total. The second-order valence-corrected chi connectivity index (χ2v) is 5.08. The molecular weight excluding hydrogens is 278 g/mol. The molecular formula is C12H13BrF2O. The van der Waals surface area contributed by atoms with Gasteiger partial charge in [-0.1, -0.05) is 22.0 Å². The average Bonchev–Trinajstić information content (AvgIpc) is 2.63. The van der Waals surface area contributed by atoms with E-state index in [1.165, 1.54) is 12.1 Å². The van der Waals surface area contributed by atoms with E-state index in [4.69, 9.17) is 4.74 Å². The zero-order valence-corrected chi connectivity index (χ0v) is 10.5. The number of benzene rings is 1. The van der Waals surface area contributed by atoms with Crippen LogP contribution in [0.3, 0.4) is 0 Å². The molecule has 1 fully saturated rings. The minimum Gasteiger partial charge on any atom is -0.378 e. The molecule has 0 amide bonds. The zero-order valence-electron chi connectivity index (χ0n) is 8.92. The number of hydrogen-bond donors (Lipinski definition) is 0. The number of halogens is 3. The summed E-state index contributed by atoms with van der Waals surface area (Å²) in [6.45, 7) is 2.68. The lowest BCUT2D eigenvalue weighted by molar-refractivity contribution is 0.105. The number of ether oxygens (including phenoxy) is 1. The molecule has 0 radical (unpaired) electrons. The Kier molecular flexibility index (Phi) is 3.60. The van der Waals surface area contributed by atoms with Crippen molar-refractivity contribution >= 4 is 15.9 Å². The van der Waals surface area contributed by atoms with E-state index in [0.29, 0.717) is 12.2 Å². The van der Waals surface area contributed by atoms with Gasteiger partial charge in [-0.2, -0.15) is 0 Å². The van der Waals surface area contributed by atoms with Gasteiger partial charge in [0.05, 0.1) is 6.10 Å². The SMILES string of the molecule is CC1OCCC1C(Br)c1ccc(F)cc1F. The van der Waals surface area contributed by atoms with Crippen molar-refractivity contribution in [3.8, 4) is 0 Å². The van der Waals surface area contributed by atoms with E-state index >= 15 is 0 Å². The van der Waals surface area contributed by atoms with Crippen molar-refractivity contribution in [1.29, 1.82) is 0 Å². The molecule has 16 heavy (non-hydrogen) atoms. The van der Waals surface area contributed by atoms with Crippen LogP contribution in [0.15, 0.2) is 18.2 Å². The van der Waals surface area contributed by atoms with Gasteiger partial charge in [0.2, 0.25) is 0 Å². The summed E-state index contributed by atoms with van der Waals surface area (Å²) in [6, 6.07) is 3.70. The van der Waals surface area contributed by atoms with Crippen molar-refractivity contribution in [2.24, 2.45) is 5.92 Å². The van der Waals surface area contributed by atoms with Gasteiger partial charge < -0.3 is 4.74 Å². The molecule has 1 aromatic carbocycles. The first-order chi connectivity index (χ1) is 7.59. The molecule has 2 rings (SSSR count). The van der Waals surface area contributed by atoms with Crippen LogP contribution in [-0.2, 0) is 4.74 Å². The highest BCUT2D eigenvalue weighted by Crippen LogP contribution is 2.40.